The lowest BCUT2D eigenvalue weighted by atomic mass is 9.94. The molecule has 0 bridgehead atoms. The predicted octanol–water partition coefficient (Wildman–Crippen LogP) is 2.73. The Hall–Kier alpha value is -2.62. The van der Waals surface area contributed by atoms with Gasteiger partial charge in [0.2, 0.25) is 11.8 Å². The number of nitrogens with zero attached hydrogens (tertiary/aromatic N) is 1. The van der Waals surface area contributed by atoms with Crippen LogP contribution in [0.1, 0.15) is 24.8 Å². The zero-order chi connectivity index (χ0) is 16.5. The molecule has 1 atom stereocenters. The van der Waals surface area contributed by atoms with Gasteiger partial charge in [0.05, 0.1) is 0 Å². The number of hydrogen-bond donors (Lipinski definition) is 1. The van der Waals surface area contributed by atoms with Crippen molar-refractivity contribution in [2.45, 2.75) is 25.3 Å². The third-order valence-electron chi connectivity index (χ3n) is 4.95. The van der Waals surface area contributed by atoms with E-state index in [4.69, 9.17) is 0 Å². The second-order valence-electron chi connectivity index (χ2n) is 6.45. The molecule has 2 amide bonds. The quantitative estimate of drug-likeness (QED) is 0.925. The maximum Gasteiger partial charge on any atom is 0.245 e. The number of amides is 2. The highest BCUT2D eigenvalue weighted by molar-refractivity contribution is 5.95. The first-order chi connectivity index (χ1) is 11.7. The molecule has 1 saturated heterocycles. The summed E-state index contributed by atoms with van der Waals surface area (Å²) in [6, 6.07) is 14.4. The molecule has 4 nitrogen and oxygen atoms in total. The number of rotatable bonds is 2. The molecule has 0 saturated carbocycles. The van der Waals surface area contributed by atoms with Crippen molar-refractivity contribution in [3.05, 3.63) is 54.1 Å². The predicted molar refractivity (Wildman–Crippen MR) is 94.3 cm³/mol. The average Bonchev–Trinajstić information content (AvgIpc) is 3.07. The van der Waals surface area contributed by atoms with Crippen LogP contribution in [-0.4, -0.2) is 35.8 Å². The number of nitrogens with one attached hydrogen (secondary N) is 1. The van der Waals surface area contributed by atoms with Crippen LogP contribution in [0, 0.1) is 0 Å². The van der Waals surface area contributed by atoms with Gasteiger partial charge >= 0.3 is 0 Å². The van der Waals surface area contributed by atoms with E-state index < -0.39 is 0 Å². The van der Waals surface area contributed by atoms with Crippen LogP contribution < -0.4 is 5.32 Å². The van der Waals surface area contributed by atoms with E-state index >= 15 is 0 Å². The zero-order valence-corrected chi connectivity index (χ0v) is 13.5. The molecule has 4 rings (SSSR count). The van der Waals surface area contributed by atoms with Gasteiger partial charge in [-0.3, -0.25) is 9.59 Å². The molecule has 1 fully saturated rings. The van der Waals surface area contributed by atoms with Crippen molar-refractivity contribution in [3.63, 3.8) is 0 Å². The first-order valence-electron chi connectivity index (χ1n) is 8.48. The van der Waals surface area contributed by atoms with Crippen LogP contribution in [0.4, 0.5) is 0 Å². The number of hydrogen-bond acceptors (Lipinski definition) is 2. The maximum atomic E-state index is 12.5. The van der Waals surface area contributed by atoms with Crippen LogP contribution in [0.5, 0.6) is 0 Å². The second-order valence-corrected chi connectivity index (χ2v) is 6.45. The van der Waals surface area contributed by atoms with Gasteiger partial charge in [0, 0.05) is 19.5 Å². The van der Waals surface area contributed by atoms with Crippen molar-refractivity contribution in [2.24, 2.45) is 0 Å². The Morgan fingerprint density at radius 3 is 2.67 bits per heavy atom. The number of benzene rings is 2. The Balaban J connectivity index is 1.54. The largest absolute Gasteiger partial charge is 0.344 e. The number of carbonyl (C=O) groups excluding carboxylic acids is 2. The fourth-order valence-electron chi connectivity index (χ4n) is 3.64. The van der Waals surface area contributed by atoms with E-state index in [-0.39, 0.29) is 17.9 Å². The standard InChI is InChI=1S/C20H20N2O2/c23-19-9-8-18(21-19)20(24)22-12-10-15(11-13-22)17-7-3-5-14-4-1-2-6-16(14)17/h1-7,10,18H,8-9,11-13H2,(H,21,23)/t18-/m1/s1. The highest BCUT2D eigenvalue weighted by atomic mass is 16.2. The van der Waals surface area contributed by atoms with E-state index in [9.17, 15) is 9.59 Å². The van der Waals surface area contributed by atoms with Gasteiger partial charge < -0.3 is 10.2 Å². The molecule has 2 aliphatic rings. The van der Waals surface area contributed by atoms with Gasteiger partial charge in [-0.2, -0.15) is 0 Å². The fourth-order valence-corrected chi connectivity index (χ4v) is 3.64. The van der Waals surface area contributed by atoms with Crippen LogP contribution in [0.3, 0.4) is 0 Å². The molecule has 0 unspecified atom stereocenters. The number of carbonyl (C=O) groups is 2. The molecule has 0 aliphatic carbocycles. The molecule has 2 heterocycles. The van der Waals surface area contributed by atoms with Gasteiger partial charge in [0.15, 0.2) is 0 Å². The molecule has 122 valence electrons. The van der Waals surface area contributed by atoms with E-state index in [2.05, 4.69) is 53.9 Å². The summed E-state index contributed by atoms with van der Waals surface area (Å²) >= 11 is 0. The lowest BCUT2D eigenvalue weighted by Gasteiger charge is -2.29. The third-order valence-corrected chi connectivity index (χ3v) is 4.95. The van der Waals surface area contributed by atoms with Crippen LogP contribution in [0.2, 0.25) is 0 Å². The fraction of sp³-hybridized carbons (Fsp3) is 0.300. The first-order valence-corrected chi connectivity index (χ1v) is 8.48. The molecule has 4 heteroatoms. The Morgan fingerprint density at radius 2 is 1.92 bits per heavy atom. The van der Waals surface area contributed by atoms with Gasteiger partial charge in [-0.25, -0.2) is 0 Å². The van der Waals surface area contributed by atoms with Crippen molar-refractivity contribution >= 4 is 28.2 Å². The Morgan fingerprint density at radius 1 is 1.08 bits per heavy atom. The summed E-state index contributed by atoms with van der Waals surface area (Å²) in [5, 5.41) is 5.26. The maximum absolute atomic E-state index is 12.5. The summed E-state index contributed by atoms with van der Waals surface area (Å²) in [7, 11) is 0. The van der Waals surface area contributed by atoms with Crippen LogP contribution >= 0.6 is 0 Å². The van der Waals surface area contributed by atoms with Crippen LogP contribution in [0.15, 0.2) is 48.5 Å². The van der Waals surface area contributed by atoms with E-state index in [1.807, 2.05) is 4.90 Å². The van der Waals surface area contributed by atoms with Gasteiger partial charge in [-0.05, 0) is 34.8 Å². The summed E-state index contributed by atoms with van der Waals surface area (Å²) < 4.78 is 0. The Kier molecular flexibility index (Phi) is 3.81. The summed E-state index contributed by atoms with van der Waals surface area (Å²) in [6.07, 6.45) is 4.08. The minimum Gasteiger partial charge on any atom is -0.344 e. The second kappa shape index (κ2) is 6.11. The van der Waals surface area contributed by atoms with E-state index in [0.717, 1.165) is 6.42 Å². The summed E-state index contributed by atoms with van der Waals surface area (Å²) in [5.41, 5.74) is 2.56. The van der Waals surface area contributed by atoms with E-state index in [1.165, 1.54) is 21.9 Å². The van der Waals surface area contributed by atoms with Crippen molar-refractivity contribution in [3.8, 4) is 0 Å². The monoisotopic (exact) mass is 320 g/mol. The molecule has 2 aromatic carbocycles. The summed E-state index contributed by atoms with van der Waals surface area (Å²) in [4.78, 5) is 25.6. The summed E-state index contributed by atoms with van der Waals surface area (Å²) in [6.45, 7) is 1.32. The molecule has 0 spiro atoms. The van der Waals surface area contributed by atoms with Crippen molar-refractivity contribution in [2.75, 3.05) is 13.1 Å². The van der Waals surface area contributed by atoms with E-state index in [0.29, 0.717) is 25.9 Å². The lowest BCUT2D eigenvalue weighted by Crippen LogP contribution is -2.45. The SMILES string of the molecule is O=C1CC[C@H](C(=O)N2CC=C(c3cccc4ccccc34)CC2)N1. The normalized spacial score (nSPS) is 20.8. The van der Waals surface area contributed by atoms with Crippen LogP contribution in [-0.2, 0) is 9.59 Å². The van der Waals surface area contributed by atoms with Gasteiger partial charge in [0.1, 0.15) is 6.04 Å². The lowest BCUT2D eigenvalue weighted by molar-refractivity contribution is -0.134. The molecule has 0 aromatic heterocycles. The Bertz CT molecular complexity index is 835. The Labute approximate surface area is 141 Å². The van der Waals surface area contributed by atoms with Gasteiger partial charge in [0.25, 0.3) is 0 Å². The average molecular weight is 320 g/mol. The smallest absolute Gasteiger partial charge is 0.245 e. The summed E-state index contributed by atoms with van der Waals surface area (Å²) in [5.74, 6) is 0.0337. The molecular formula is C20H20N2O2. The van der Waals surface area contributed by atoms with Crippen molar-refractivity contribution in [1.29, 1.82) is 0 Å². The third kappa shape index (κ3) is 2.68. The van der Waals surface area contributed by atoms with Gasteiger partial charge in [-0.15, -0.1) is 0 Å². The molecule has 24 heavy (non-hydrogen) atoms. The molecule has 1 N–H and O–H groups in total. The topological polar surface area (TPSA) is 49.4 Å². The minimum atomic E-state index is -0.329. The highest BCUT2D eigenvalue weighted by Gasteiger charge is 2.31. The molecule has 0 radical (unpaired) electrons. The van der Waals surface area contributed by atoms with Crippen LogP contribution in [0.25, 0.3) is 16.3 Å². The number of fused-ring (bicyclic) bond motifs is 1. The molecular weight excluding hydrogens is 300 g/mol. The minimum absolute atomic E-state index is 0.0163. The van der Waals surface area contributed by atoms with Crippen molar-refractivity contribution in [1.82, 2.24) is 10.2 Å². The van der Waals surface area contributed by atoms with Crippen molar-refractivity contribution < 1.29 is 9.59 Å². The zero-order valence-electron chi connectivity index (χ0n) is 13.5. The molecule has 2 aliphatic heterocycles. The van der Waals surface area contributed by atoms with E-state index in [1.54, 1.807) is 0 Å². The first kappa shape index (κ1) is 14.9. The molecule has 2 aromatic rings. The van der Waals surface area contributed by atoms with Gasteiger partial charge in [-0.1, -0.05) is 48.5 Å². The highest BCUT2D eigenvalue weighted by Crippen LogP contribution is 2.29.